The summed E-state index contributed by atoms with van der Waals surface area (Å²) in [6, 6.07) is 0. The van der Waals surface area contributed by atoms with E-state index in [4.69, 9.17) is 0 Å². The zero-order chi connectivity index (χ0) is 5.98. The van der Waals surface area contributed by atoms with Gasteiger partial charge in [0.05, 0.1) is 0 Å². The molecule has 1 atom stereocenters. The van der Waals surface area contributed by atoms with Gasteiger partial charge in [0.2, 0.25) is 6.29 Å². The summed E-state index contributed by atoms with van der Waals surface area (Å²) >= 11 is 0. The molecule has 4 heteroatoms. The van der Waals surface area contributed by atoms with Gasteiger partial charge in [-0.05, 0) is 6.08 Å². The average molecular weight is 115 g/mol. The van der Waals surface area contributed by atoms with E-state index in [1.54, 1.807) is 0 Å². The lowest BCUT2D eigenvalue weighted by molar-refractivity contribution is -0.158. The molecule has 0 aromatic heterocycles. The van der Waals surface area contributed by atoms with Gasteiger partial charge < -0.3 is 4.74 Å². The number of ether oxygens (including phenoxy) is 1. The van der Waals surface area contributed by atoms with Crippen molar-refractivity contribution in [3.8, 4) is 0 Å². The number of cyclic esters (lactones) is 1. The lowest BCUT2D eigenvalue weighted by Gasteiger charge is -2.01. The van der Waals surface area contributed by atoms with Crippen molar-refractivity contribution < 1.29 is 14.4 Å². The van der Waals surface area contributed by atoms with Gasteiger partial charge in [-0.3, -0.25) is 4.84 Å². The molecular weight excluding hydrogens is 110 g/mol. The highest BCUT2D eigenvalue weighted by molar-refractivity contribution is 5.84. The summed E-state index contributed by atoms with van der Waals surface area (Å²) in [5.74, 6) is 4.25. The van der Waals surface area contributed by atoms with Crippen molar-refractivity contribution in [1.82, 2.24) is 0 Å². The summed E-state index contributed by atoms with van der Waals surface area (Å²) < 4.78 is 4.41. The molecule has 44 valence electrons. The maximum atomic E-state index is 10.2. The smallest absolute Gasteiger partial charge is 0.333 e. The molecule has 0 fully saturated rings. The number of carbonyl (C=O) groups excluding carboxylic acids is 1. The second kappa shape index (κ2) is 1.94. The number of carbonyl (C=O) groups is 1. The third kappa shape index (κ3) is 0.853. The zero-order valence-electron chi connectivity index (χ0n) is 4.03. The molecule has 0 aromatic carbocycles. The summed E-state index contributed by atoms with van der Waals surface area (Å²) in [4.78, 5) is 14.3. The summed E-state index contributed by atoms with van der Waals surface area (Å²) in [6.45, 7) is 0. The molecule has 0 aromatic rings. The number of rotatable bonds is 1. The van der Waals surface area contributed by atoms with Gasteiger partial charge >= 0.3 is 5.97 Å². The molecule has 0 radical (unpaired) electrons. The highest BCUT2D eigenvalue weighted by Crippen LogP contribution is 2.02. The fraction of sp³-hybridized carbons (Fsp3) is 0.250. The first-order valence-electron chi connectivity index (χ1n) is 2.07. The van der Waals surface area contributed by atoms with E-state index < -0.39 is 12.3 Å². The third-order valence-corrected chi connectivity index (χ3v) is 0.756. The standard InChI is InChI=1S/C4H5NO3/c5-8-4-2-1-3(6)7-4/h1-2,4H,5H2. The number of esters is 1. The van der Waals surface area contributed by atoms with Gasteiger partial charge in [0.25, 0.3) is 0 Å². The van der Waals surface area contributed by atoms with E-state index in [1.165, 1.54) is 12.2 Å². The van der Waals surface area contributed by atoms with Crippen LogP contribution in [-0.2, 0) is 14.4 Å². The molecule has 4 nitrogen and oxygen atoms in total. The minimum absolute atomic E-state index is 0.416. The van der Waals surface area contributed by atoms with E-state index in [-0.39, 0.29) is 0 Å². The Labute approximate surface area is 45.8 Å². The molecule has 1 aliphatic heterocycles. The molecular formula is C4H5NO3. The summed E-state index contributed by atoms with van der Waals surface area (Å²) in [5, 5.41) is 0. The second-order valence-electron chi connectivity index (χ2n) is 1.30. The van der Waals surface area contributed by atoms with Crippen molar-refractivity contribution in [3.63, 3.8) is 0 Å². The van der Waals surface area contributed by atoms with Crippen LogP contribution in [0.5, 0.6) is 0 Å². The van der Waals surface area contributed by atoms with Crippen molar-refractivity contribution in [2.24, 2.45) is 5.90 Å². The monoisotopic (exact) mass is 115 g/mol. The van der Waals surface area contributed by atoms with Gasteiger partial charge in [0.15, 0.2) is 0 Å². The van der Waals surface area contributed by atoms with Crippen LogP contribution in [0.1, 0.15) is 0 Å². The van der Waals surface area contributed by atoms with E-state index in [0.717, 1.165) is 0 Å². The number of hydrogen-bond acceptors (Lipinski definition) is 4. The minimum Gasteiger partial charge on any atom is -0.427 e. The SMILES string of the molecule is NOC1C=CC(=O)O1. The van der Waals surface area contributed by atoms with Crippen LogP contribution < -0.4 is 5.90 Å². The molecule has 0 aliphatic carbocycles. The van der Waals surface area contributed by atoms with E-state index in [0.29, 0.717) is 0 Å². The van der Waals surface area contributed by atoms with Crippen LogP contribution in [0.3, 0.4) is 0 Å². The fourth-order valence-electron chi connectivity index (χ4n) is 0.423. The Balaban J connectivity index is 2.46. The van der Waals surface area contributed by atoms with Crippen molar-refractivity contribution >= 4 is 5.97 Å². The maximum Gasteiger partial charge on any atom is 0.333 e. The molecule has 0 bridgehead atoms. The van der Waals surface area contributed by atoms with Gasteiger partial charge in [0, 0.05) is 6.08 Å². The summed E-state index contributed by atoms with van der Waals surface area (Å²) in [5.41, 5.74) is 0. The molecule has 2 N–H and O–H groups in total. The van der Waals surface area contributed by atoms with Crippen LogP contribution >= 0.6 is 0 Å². The van der Waals surface area contributed by atoms with Crippen LogP contribution in [0, 0.1) is 0 Å². The zero-order valence-corrected chi connectivity index (χ0v) is 4.03. The lowest BCUT2D eigenvalue weighted by Crippen LogP contribution is -2.15. The lowest BCUT2D eigenvalue weighted by atomic mass is 10.5. The topological polar surface area (TPSA) is 61.5 Å². The molecule has 1 heterocycles. The molecule has 0 saturated heterocycles. The predicted molar refractivity (Wildman–Crippen MR) is 24.3 cm³/mol. The van der Waals surface area contributed by atoms with Gasteiger partial charge in [-0.2, -0.15) is 0 Å². The highest BCUT2D eigenvalue weighted by atomic mass is 16.8. The number of hydrogen-bond donors (Lipinski definition) is 1. The Morgan fingerprint density at radius 3 is 2.88 bits per heavy atom. The van der Waals surface area contributed by atoms with Crippen LogP contribution in [0.4, 0.5) is 0 Å². The van der Waals surface area contributed by atoms with Gasteiger partial charge in [-0.1, -0.05) is 0 Å². The van der Waals surface area contributed by atoms with E-state index in [1.807, 2.05) is 0 Å². The molecule has 0 spiro atoms. The fourth-order valence-corrected chi connectivity index (χ4v) is 0.423. The van der Waals surface area contributed by atoms with Crippen molar-refractivity contribution in [3.05, 3.63) is 12.2 Å². The third-order valence-electron chi connectivity index (χ3n) is 0.756. The molecule has 1 aliphatic rings. The molecule has 0 saturated carbocycles. The van der Waals surface area contributed by atoms with Gasteiger partial charge in [-0.25, -0.2) is 10.7 Å². The Hall–Kier alpha value is -0.870. The first-order chi connectivity index (χ1) is 3.83. The quantitative estimate of drug-likeness (QED) is 0.363. The molecule has 1 unspecified atom stereocenters. The molecule has 0 amide bonds. The van der Waals surface area contributed by atoms with E-state index in [9.17, 15) is 4.79 Å². The van der Waals surface area contributed by atoms with Crippen LogP contribution in [-0.4, -0.2) is 12.3 Å². The van der Waals surface area contributed by atoms with Gasteiger partial charge in [-0.15, -0.1) is 0 Å². The predicted octanol–water partition coefficient (Wildman–Crippen LogP) is -0.684. The van der Waals surface area contributed by atoms with E-state index in [2.05, 4.69) is 15.5 Å². The Morgan fingerprint density at radius 1 is 1.88 bits per heavy atom. The normalized spacial score (nSPS) is 26.1. The van der Waals surface area contributed by atoms with Crippen molar-refractivity contribution in [1.29, 1.82) is 0 Å². The Bertz CT molecular complexity index is 131. The minimum atomic E-state index is -0.678. The van der Waals surface area contributed by atoms with E-state index >= 15 is 0 Å². The number of nitrogens with two attached hydrogens (primary N) is 1. The van der Waals surface area contributed by atoms with Crippen LogP contribution in [0.25, 0.3) is 0 Å². The maximum absolute atomic E-state index is 10.2. The average Bonchev–Trinajstić information content (AvgIpc) is 2.14. The Morgan fingerprint density at radius 2 is 2.62 bits per heavy atom. The Kier molecular flexibility index (Phi) is 1.27. The highest BCUT2D eigenvalue weighted by Gasteiger charge is 2.14. The second-order valence-corrected chi connectivity index (χ2v) is 1.30. The largest absolute Gasteiger partial charge is 0.427 e. The summed E-state index contributed by atoms with van der Waals surface area (Å²) in [7, 11) is 0. The van der Waals surface area contributed by atoms with Gasteiger partial charge in [0.1, 0.15) is 0 Å². The van der Waals surface area contributed by atoms with Crippen molar-refractivity contribution in [2.45, 2.75) is 6.29 Å². The summed E-state index contributed by atoms with van der Waals surface area (Å²) in [6.07, 6.45) is 2.02. The molecule has 1 rings (SSSR count). The first kappa shape index (κ1) is 5.27. The first-order valence-corrected chi connectivity index (χ1v) is 2.07. The van der Waals surface area contributed by atoms with Crippen LogP contribution in [0.2, 0.25) is 0 Å². The van der Waals surface area contributed by atoms with Crippen molar-refractivity contribution in [2.75, 3.05) is 0 Å². The molecule has 8 heavy (non-hydrogen) atoms. The van der Waals surface area contributed by atoms with Crippen LogP contribution in [0.15, 0.2) is 12.2 Å².